The molecule has 1 aromatic heterocycles. The van der Waals surface area contributed by atoms with Crippen molar-refractivity contribution in [1.82, 2.24) is 10.2 Å². The fraction of sp³-hybridized carbons (Fsp3) is 0.190. The van der Waals surface area contributed by atoms with Crippen molar-refractivity contribution < 1.29 is 24.2 Å². The summed E-state index contributed by atoms with van der Waals surface area (Å²) in [6.45, 7) is 1.93. The van der Waals surface area contributed by atoms with Gasteiger partial charge >= 0.3 is 0 Å². The molecule has 0 radical (unpaired) electrons. The van der Waals surface area contributed by atoms with Gasteiger partial charge in [0, 0.05) is 6.54 Å². The van der Waals surface area contributed by atoms with Crippen LogP contribution in [0.1, 0.15) is 18.2 Å². The second kappa shape index (κ2) is 9.64. The van der Waals surface area contributed by atoms with Crippen LogP contribution in [0.2, 0.25) is 0 Å². The Balaban J connectivity index is 1.56. The number of thioether (sulfide) groups is 1. The predicted octanol–water partition coefficient (Wildman–Crippen LogP) is 3.20. The van der Waals surface area contributed by atoms with Crippen LogP contribution in [-0.2, 0) is 16.0 Å². The zero-order valence-electron chi connectivity index (χ0n) is 16.1. The second-order valence-corrected chi connectivity index (χ2v) is 8.16. The van der Waals surface area contributed by atoms with Crippen molar-refractivity contribution in [1.29, 1.82) is 0 Å². The number of hydrogen-bond acceptors (Lipinski definition) is 7. The highest BCUT2D eigenvalue weighted by Gasteiger charge is 2.37. The number of nitrogens with zero attached hydrogens (tertiary/aromatic N) is 1. The molecule has 1 atom stereocenters. The molecule has 1 fully saturated rings. The maximum absolute atomic E-state index is 12.7. The summed E-state index contributed by atoms with van der Waals surface area (Å²) >= 11 is 6.43. The third kappa shape index (κ3) is 5.11. The molecule has 9 heteroatoms. The molecule has 3 N–H and O–H groups in total. The number of thiocarbonyl (C=S) groups is 1. The molecule has 2 aromatic rings. The molecule has 30 heavy (non-hydrogen) atoms. The van der Waals surface area contributed by atoms with E-state index in [1.165, 1.54) is 17.0 Å². The summed E-state index contributed by atoms with van der Waals surface area (Å²) < 4.78 is 5.52. The number of rotatable bonds is 7. The van der Waals surface area contributed by atoms with E-state index < -0.39 is 6.04 Å². The number of amides is 2. The lowest BCUT2D eigenvalue weighted by Gasteiger charge is -2.22. The Morgan fingerprint density at radius 1 is 1.33 bits per heavy atom. The summed E-state index contributed by atoms with van der Waals surface area (Å²) in [5.41, 5.74) is 0.759. The van der Waals surface area contributed by atoms with Gasteiger partial charge in [-0.25, -0.2) is 0 Å². The molecule has 7 nitrogen and oxygen atoms in total. The van der Waals surface area contributed by atoms with E-state index in [4.69, 9.17) is 16.6 Å². The average Bonchev–Trinajstić information content (AvgIpc) is 3.32. The van der Waals surface area contributed by atoms with Crippen molar-refractivity contribution in [3.63, 3.8) is 0 Å². The van der Waals surface area contributed by atoms with Gasteiger partial charge in [-0.2, -0.15) is 0 Å². The molecule has 1 unspecified atom stereocenters. The highest BCUT2D eigenvalue weighted by atomic mass is 32.2. The van der Waals surface area contributed by atoms with Gasteiger partial charge in [0.15, 0.2) is 11.5 Å². The van der Waals surface area contributed by atoms with Crippen molar-refractivity contribution in [2.24, 2.45) is 0 Å². The first-order chi connectivity index (χ1) is 14.4. The zero-order chi connectivity index (χ0) is 21.7. The minimum Gasteiger partial charge on any atom is -0.504 e. The fourth-order valence-electron chi connectivity index (χ4n) is 2.76. The van der Waals surface area contributed by atoms with E-state index in [2.05, 4.69) is 5.32 Å². The average molecular weight is 445 g/mol. The maximum atomic E-state index is 12.7. The van der Waals surface area contributed by atoms with Crippen molar-refractivity contribution in [3.8, 4) is 11.5 Å². The number of carbonyl (C=O) groups is 2. The molecule has 0 saturated carbocycles. The molecule has 0 spiro atoms. The summed E-state index contributed by atoms with van der Waals surface area (Å²) in [7, 11) is 0. The smallest absolute Gasteiger partial charge is 0.266 e. The third-order valence-electron chi connectivity index (χ3n) is 4.39. The Morgan fingerprint density at radius 2 is 2.13 bits per heavy atom. The third-order valence-corrected chi connectivity index (χ3v) is 5.74. The van der Waals surface area contributed by atoms with E-state index in [1.54, 1.807) is 49.6 Å². The second-order valence-electron chi connectivity index (χ2n) is 6.49. The van der Waals surface area contributed by atoms with Crippen molar-refractivity contribution >= 4 is 46.2 Å². The quantitative estimate of drug-likeness (QED) is 0.342. The molecule has 1 aliphatic rings. The largest absolute Gasteiger partial charge is 0.504 e. The van der Waals surface area contributed by atoms with Gasteiger partial charge in [0.25, 0.3) is 5.91 Å². The Labute approximate surface area is 183 Å². The van der Waals surface area contributed by atoms with Gasteiger partial charge in [-0.15, -0.1) is 0 Å². The maximum Gasteiger partial charge on any atom is 0.266 e. The van der Waals surface area contributed by atoms with Gasteiger partial charge < -0.3 is 19.9 Å². The molecule has 1 aromatic carbocycles. The lowest BCUT2D eigenvalue weighted by atomic mass is 10.1. The van der Waals surface area contributed by atoms with E-state index in [1.807, 2.05) is 0 Å². The lowest BCUT2D eigenvalue weighted by Crippen LogP contribution is -2.47. The van der Waals surface area contributed by atoms with Crippen LogP contribution in [0.3, 0.4) is 0 Å². The Hall–Kier alpha value is -3.04. The van der Waals surface area contributed by atoms with Crippen molar-refractivity contribution in [2.45, 2.75) is 19.4 Å². The minimum absolute atomic E-state index is 0.196. The summed E-state index contributed by atoms with van der Waals surface area (Å²) in [4.78, 5) is 26.9. The highest BCUT2D eigenvalue weighted by Crippen LogP contribution is 2.32. The van der Waals surface area contributed by atoms with E-state index in [-0.39, 0.29) is 23.3 Å². The first-order valence-corrected chi connectivity index (χ1v) is 10.3. The fourth-order valence-corrected chi connectivity index (χ4v) is 4.13. The van der Waals surface area contributed by atoms with Gasteiger partial charge in [0.1, 0.15) is 16.1 Å². The first kappa shape index (κ1) is 21.7. The van der Waals surface area contributed by atoms with Crippen molar-refractivity contribution in [3.05, 3.63) is 65.0 Å². The molecule has 1 aliphatic heterocycles. The van der Waals surface area contributed by atoms with E-state index >= 15 is 0 Å². The Morgan fingerprint density at radius 3 is 2.83 bits per heavy atom. The lowest BCUT2D eigenvalue weighted by molar-refractivity contribution is -0.132. The number of carbonyl (C=O) groups excluding carboxylic acids is 2. The molecule has 2 heterocycles. The first-order valence-electron chi connectivity index (χ1n) is 9.12. The number of benzene rings is 1. The van der Waals surface area contributed by atoms with E-state index in [0.717, 1.165) is 17.3 Å². The van der Waals surface area contributed by atoms with Crippen LogP contribution in [0.15, 0.2) is 58.1 Å². The number of phenols is 2. The number of aromatic hydroxyl groups is 2. The van der Waals surface area contributed by atoms with Gasteiger partial charge in [-0.3, -0.25) is 14.5 Å². The molecule has 2 amide bonds. The summed E-state index contributed by atoms with van der Waals surface area (Å²) in [5, 5.41) is 21.6. The van der Waals surface area contributed by atoms with Crippen LogP contribution < -0.4 is 5.32 Å². The van der Waals surface area contributed by atoms with Crippen LogP contribution in [0.25, 0.3) is 6.08 Å². The van der Waals surface area contributed by atoms with E-state index in [0.29, 0.717) is 28.0 Å². The summed E-state index contributed by atoms with van der Waals surface area (Å²) in [5.74, 6) is -0.395. The van der Waals surface area contributed by atoms with Crippen LogP contribution in [0, 0.1) is 0 Å². The van der Waals surface area contributed by atoms with Gasteiger partial charge in [-0.1, -0.05) is 36.1 Å². The Kier molecular flexibility index (Phi) is 6.96. The Bertz CT molecular complexity index is 1010. The van der Waals surface area contributed by atoms with E-state index in [9.17, 15) is 19.8 Å². The van der Waals surface area contributed by atoms with Crippen LogP contribution in [0.5, 0.6) is 11.5 Å². The molecule has 156 valence electrons. The minimum atomic E-state index is -0.759. The highest BCUT2D eigenvalue weighted by molar-refractivity contribution is 8.26. The molecular formula is C21H20N2O5S2. The van der Waals surface area contributed by atoms with Crippen LogP contribution in [-0.4, -0.2) is 43.8 Å². The van der Waals surface area contributed by atoms with Crippen LogP contribution in [0.4, 0.5) is 0 Å². The van der Waals surface area contributed by atoms with Crippen molar-refractivity contribution in [2.75, 3.05) is 6.54 Å². The summed E-state index contributed by atoms with van der Waals surface area (Å²) in [6.07, 6.45) is 7.09. The topological polar surface area (TPSA) is 103 Å². The molecule has 1 saturated heterocycles. The summed E-state index contributed by atoms with van der Waals surface area (Å²) in [6, 6.07) is 7.29. The number of hydrogen-bond donors (Lipinski definition) is 3. The van der Waals surface area contributed by atoms with Crippen LogP contribution >= 0.6 is 24.0 Å². The van der Waals surface area contributed by atoms with Gasteiger partial charge in [0.2, 0.25) is 5.91 Å². The monoisotopic (exact) mass is 444 g/mol. The number of furan rings is 1. The predicted molar refractivity (Wildman–Crippen MR) is 119 cm³/mol. The number of phenolic OH excluding ortho intramolecular Hbond substituents is 2. The number of nitrogens with one attached hydrogen (secondary N) is 1. The normalized spacial score (nSPS) is 16.6. The van der Waals surface area contributed by atoms with Gasteiger partial charge in [0.05, 0.1) is 11.2 Å². The van der Waals surface area contributed by atoms with Gasteiger partial charge in [-0.05, 0) is 55.3 Å². The molecule has 0 aliphatic carbocycles. The molecule has 3 rings (SSSR count). The zero-order valence-corrected chi connectivity index (χ0v) is 17.7. The molecular weight excluding hydrogens is 424 g/mol. The SMILES string of the molecule is CC(C(=O)NCCc1ccc(O)c(O)c1)N1C(=O)C(=CC=Cc2ccco2)SC1=S. The molecule has 0 bridgehead atoms. The number of allylic oxidation sites excluding steroid dienone is 2. The standard InChI is InChI=1S/C21H20N2O5S2/c1-13(19(26)22-10-9-14-7-8-16(24)17(25)12-14)23-20(27)18(30-21(23)29)6-2-4-15-5-3-11-28-15/h2-8,11-13,24-25H,9-10H2,1H3,(H,22,26).